The van der Waals surface area contributed by atoms with Gasteiger partial charge in [-0.3, -0.25) is 14.7 Å². The minimum Gasteiger partial charge on any atom is -0.333 e. The molecule has 1 aliphatic heterocycles. The first-order chi connectivity index (χ1) is 16.2. The molecule has 0 unspecified atom stereocenters. The van der Waals surface area contributed by atoms with Crippen molar-refractivity contribution in [3.8, 4) is 5.69 Å². The van der Waals surface area contributed by atoms with Crippen LogP contribution >= 0.6 is 0 Å². The minimum absolute atomic E-state index is 0.0694. The summed E-state index contributed by atoms with van der Waals surface area (Å²) >= 11 is 0. The molecule has 1 fully saturated rings. The number of H-pyrrole nitrogens is 1. The first-order valence-electron chi connectivity index (χ1n) is 11.1. The van der Waals surface area contributed by atoms with Crippen LogP contribution in [0.15, 0.2) is 95.8 Å². The Morgan fingerprint density at radius 3 is 1.82 bits per heavy atom. The van der Waals surface area contributed by atoms with Crippen molar-refractivity contribution in [1.29, 1.82) is 0 Å². The van der Waals surface area contributed by atoms with E-state index < -0.39 is 5.69 Å². The lowest BCUT2D eigenvalue weighted by molar-refractivity contribution is 0.0586. The zero-order valence-electron chi connectivity index (χ0n) is 18.2. The summed E-state index contributed by atoms with van der Waals surface area (Å²) in [5, 5.41) is 4.25. The molecule has 0 radical (unpaired) electrons. The van der Waals surface area contributed by atoms with Crippen LogP contribution in [0.25, 0.3) is 5.69 Å². The zero-order chi connectivity index (χ0) is 22.6. The van der Waals surface area contributed by atoms with Gasteiger partial charge in [0, 0.05) is 26.2 Å². The lowest BCUT2D eigenvalue weighted by Gasteiger charge is -2.39. The summed E-state index contributed by atoms with van der Waals surface area (Å²) in [7, 11) is 0. The van der Waals surface area contributed by atoms with Crippen LogP contribution in [0.2, 0.25) is 0 Å². The maximum atomic E-state index is 13.1. The highest BCUT2D eigenvalue weighted by Crippen LogP contribution is 2.29. The van der Waals surface area contributed by atoms with E-state index in [4.69, 9.17) is 0 Å². The van der Waals surface area contributed by atoms with Gasteiger partial charge in [0.25, 0.3) is 5.91 Å². The summed E-state index contributed by atoms with van der Waals surface area (Å²) in [6, 6.07) is 30.1. The summed E-state index contributed by atoms with van der Waals surface area (Å²) in [6.07, 6.45) is 0. The molecule has 0 bridgehead atoms. The van der Waals surface area contributed by atoms with Crippen molar-refractivity contribution in [2.45, 2.75) is 6.04 Å². The van der Waals surface area contributed by atoms with Crippen LogP contribution in [-0.2, 0) is 0 Å². The van der Waals surface area contributed by atoms with Crippen molar-refractivity contribution >= 4 is 5.91 Å². The minimum atomic E-state index is -0.420. The van der Waals surface area contributed by atoms with Gasteiger partial charge in [0.1, 0.15) is 0 Å². The van der Waals surface area contributed by atoms with E-state index in [2.05, 4.69) is 63.5 Å². The second-order valence-corrected chi connectivity index (χ2v) is 8.08. The number of aromatic amines is 1. The number of hydrogen-bond donors (Lipinski definition) is 1. The molecular weight excluding hydrogens is 414 g/mol. The van der Waals surface area contributed by atoms with Crippen molar-refractivity contribution < 1.29 is 4.79 Å². The molecule has 5 rings (SSSR count). The number of piperazine rings is 1. The molecule has 0 aliphatic carbocycles. The Labute approximate surface area is 191 Å². The number of hydrogen-bond acceptors (Lipinski definition) is 4. The fraction of sp³-hybridized carbons (Fsp3) is 0.192. The van der Waals surface area contributed by atoms with Crippen LogP contribution < -0.4 is 5.69 Å². The largest absolute Gasteiger partial charge is 0.348 e. The Kier molecular flexibility index (Phi) is 5.87. The maximum Gasteiger partial charge on any atom is 0.348 e. The van der Waals surface area contributed by atoms with Gasteiger partial charge < -0.3 is 4.90 Å². The molecule has 1 saturated heterocycles. The van der Waals surface area contributed by atoms with Crippen LogP contribution in [0.1, 0.15) is 27.8 Å². The zero-order valence-corrected chi connectivity index (χ0v) is 18.2. The lowest BCUT2D eigenvalue weighted by Crippen LogP contribution is -2.50. The van der Waals surface area contributed by atoms with E-state index >= 15 is 0 Å². The topological polar surface area (TPSA) is 74.2 Å². The van der Waals surface area contributed by atoms with Gasteiger partial charge in [-0.1, -0.05) is 78.9 Å². The van der Waals surface area contributed by atoms with Crippen LogP contribution in [0, 0.1) is 0 Å². The van der Waals surface area contributed by atoms with E-state index in [1.165, 1.54) is 15.8 Å². The monoisotopic (exact) mass is 439 g/mol. The first kappa shape index (κ1) is 20.9. The van der Waals surface area contributed by atoms with Crippen LogP contribution in [0.4, 0.5) is 0 Å². The molecule has 0 saturated carbocycles. The van der Waals surface area contributed by atoms with E-state index in [-0.39, 0.29) is 17.8 Å². The van der Waals surface area contributed by atoms with Crippen LogP contribution in [-0.4, -0.2) is 56.7 Å². The van der Waals surface area contributed by atoms with E-state index in [9.17, 15) is 9.59 Å². The highest BCUT2D eigenvalue weighted by atomic mass is 16.2. The third kappa shape index (κ3) is 4.36. The van der Waals surface area contributed by atoms with E-state index in [1.807, 2.05) is 30.3 Å². The summed E-state index contributed by atoms with van der Waals surface area (Å²) in [5.41, 5.74) is 2.66. The van der Waals surface area contributed by atoms with Gasteiger partial charge in [-0.2, -0.15) is 4.68 Å². The number of rotatable bonds is 5. The number of amides is 1. The average molecular weight is 440 g/mol. The molecule has 7 nitrogen and oxygen atoms in total. The molecule has 0 atom stereocenters. The number of carbonyl (C=O) groups is 1. The fourth-order valence-corrected chi connectivity index (χ4v) is 4.38. The number of benzene rings is 3. The number of aromatic nitrogens is 3. The average Bonchev–Trinajstić information content (AvgIpc) is 3.27. The predicted molar refractivity (Wildman–Crippen MR) is 126 cm³/mol. The second-order valence-electron chi connectivity index (χ2n) is 8.08. The summed E-state index contributed by atoms with van der Waals surface area (Å²) in [5.74, 6) is -0.183. The molecule has 3 aromatic carbocycles. The summed E-state index contributed by atoms with van der Waals surface area (Å²) < 4.78 is 1.23. The molecule has 0 spiro atoms. The Morgan fingerprint density at radius 2 is 1.27 bits per heavy atom. The summed E-state index contributed by atoms with van der Waals surface area (Å²) in [4.78, 5) is 32.2. The predicted octanol–water partition coefficient (Wildman–Crippen LogP) is 3.11. The Bertz CT molecular complexity index is 1220. The Balaban J connectivity index is 1.32. The highest BCUT2D eigenvalue weighted by molar-refractivity contribution is 5.90. The van der Waals surface area contributed by atoms with Crippen molar-refractivity contribution in [1.82, 2.24) is 24.6 Å². The molecule has 2 heterocycles. The van der Waals surface area contributed by atoms with Gasteiger partial charge >= 0.3 is 5.69 Å². The van der Waals surface area contributed by atoms with Gasteiger partial charge in [-0.25, -0.2) is 4.79 Å². The molecule has 1 aromatic heterocycles. The fourth-order valence-electron chi connectivity index (χ4n) is 4.38. The molecule has 4 aromatic rings. The third-order valence-electron chi connectivity index (χ3n) is 6.02. The standard InChI is InChI=1S/C26H25N5O2/c32-25(24-27-26(33)31(28-24)22-14-8-3-9-15-22)30-18-16-29(17-19-30)23(20-10-4-1-5-11-20)21-12-6-2-7-13-21/h1-15,23H,16-19H2,(H,27,28,33). The lowest BCUT2D eigenvalue weighted by atomic mass is 9.96. The van der Waals surface area contributed by atoms with Gasteiger partial charge in [-0.15, -0.1) is 5.10 Å². The van der Waals surface area contributed by atoms with Gasteiger partial charge in [-0.05, 0) is 23.3 Å². The van der Waals surface area contributed by atoms with E-state index in [1.54, 1.807) is 17.0 Å². The number of para-hydroxylation sites is 1. The van der Waals surface area contributed by atoms with Crippen molar-refractivity contribution in [2.75, 3.05) is 26.2 Å². The van der Waals surface area contributed by atoms with E-state index in [0.717, 1.165) is 13.1 Å². The van der Waals surface area contributed by atoms with Crippen LogP contribution in [0.3, 0.4) is 0 Å². The number of nitrogens with one attached hydrogen (secondary N) is 1. The summed E-state index contributed by atoms with van der Waals surface area (Å²) in [6.45, 7) is 2.58. The van der Waals surface area contributed by atoms with Gasteiger partial charge in [0.2, 0.25) is 5.82 Å². The molecule has 1 amide bonds. The second kappa shape index (κ2) is 9.26. The molecule has 1 aliphatic rings. The number of nitrogens with zero attached hydrogens (tertiary/aromatic N) is 4. The van der Waals surface area contributed by atoms with Gasteiger partial charge in [0.05, 0.1) is 11.7 Å². The molecule has 33 heavy (non-hydrogen) atoms. The van der Waals surface area contributed by atoms with Crippen molar-refractivity contribution in [2.24, 2.45) is 0 Å². The first-order valence-corrected chi connectivity index (χ1v) is 11.1. The Morgan fingerprint density at radius 1 is 0.758 bits per heavy atom. The van der Waals surface area contributed by atoms with Crippen LogP contribution in [0.5, 0.6) is 0 Å². The third-order valence-corrected chi connectivity index (χ3v) is 6.02. The highest BCUT2D eigenvalue weighted by Gasteiger charge is 2.29. The SMILES string of the molecule is O=C(c1nn(-c2ccccc2)c(=O)[nH]1)N1CCN(C(c2ccccc2)c2ccccc2)CC1. The normalized spacial score (nSPS) is 14.5. The molecule has 7 heteroatoms. The van der Waals surface area contributed by atoms with Gasteiger partial charge in [0.15, 0.2) is 0 Å². The Hall–Kier alpha value is -3.97. The number of carbonyl (C=O) groups excluding carboxylic acids is 1. The van der Waals surface area contributed by atoms with E-state index in [0.29, 0.717) is 18.8 Å². The van der Waals surface area contributed by atoms with Crippen molar-refractivity contribution in [3.05, 3.63) is 118 Å². The maximum absolute atomic E-state index is 13.1. The quantitative estimate of drug-likeness (QED) is 0.519. The molecule has 1 N–H and O–H groups in total. The molecular formula is C26H25N5O2. The van der Waals surface area contributed by atoms with Crippen molar-refractivity contribution in [3.63, 3.8) is 0 Å². The molecule has 166 valence electrons. The smallest absolute Gasteiger partial charge is 0.333 e.